The molecule has 0 radical (unpaired) electrons. The van der Waals surface area contributed by atoms with Crippen LogP contribution in [0.5, 0.6) is 5.88 Å². The Bertz CT molecular complexity index is 1090. The number of nitrogens with one attached hydrogen (secondary N) is 2. The number of hydrogen-bond acceptors (Lipinski definition) is 6. The van der Waals surface area contributed by atoms with E-state index in [0.717, 1.165) is 30.0 Å². The highest BCUT2D eigenvalue weighted by Gasteiger charge is 2.16. The first kappa shape index (κ1) is 20.5. The Morgan fingerprint density at radius 3 is 2.59 bits per heavy atom. The van der Waals surface area contributed by atoms with Crippen molar-refractivity contribution in [1.82, 2.24) is 9.97 Å². The van der Waals surface area contributed by atoms with Crippen LogP contribution in [0.3, 0.4) is 0 Å². The van der Waals surface area contributed by atoms with E-state index in [9.17, 15) is 17.2 Å². The number of anilines is 2. The van der Waals surface area contributed by atoms with Gasteiger partial charge in [0.25, 0.3) is 10.0 Å². The maximum Gasteiger partial charge on any atom is 0.263 e. The molecule has 0 aliphatic heterocycles. The minimum Gasteiger partial charge on any atom is -0.478 e. The Morgan fingerprint density at radius 1 is 1.07 bits per heavy atom. The van der Waals surface area contributed by atoms with Crippen molar-refractivity contribution in [2.75, 3.05) is 16.6 Å². The van der Waals surface area contributed by atoms with Crippen LogP contribution in [0.4, 0.5) is 20.3 Å². The Labute approximate surface area is 166 Å². The molecule has 7 nitrogen and oxygen atoms in total. The quantitative estimate of drug-likeness (QED) is 0.579. The van der Waals surface area contributed by atoms with E-state index in [1.54, 1.807) is 12.3 Å². The summed E-state index contributed by atoms with van der Waals surface area (Å²) >= 11 is 0. The van der Waals surface area contributed by atoms with E-state index in [-0.39, 0.29) is 10.6 Å². The molecule has 10 heteroatoms. The molecule has 2 N–H and O–H groups in total. The summed E-state index contributed by atoms with van der Waals surface area (Å²) in [7, 11) is -4.00. The van der Waals surface area contributed by atoms with Crippen LogP contribution in [0, 0.1) is 11.6 Å². The van der Waals surface area contributed by atoms with E-state index < -0.39 is 21.7 Å². The van der Waals surface area contributed by atoms with E-state index in [1.165, 1.54) is 12.1 Å². The van der Waals surface area contributed by atoms with Crippen molar-refractivity contribution in [3.8, 4) is 5.88 Å². The normalized spacial score (nSPS) is 11.1. The van der Waals surface area contributed by atoms with Crippen molar-refractivity contribution >= 4 is 21.5 Å². The fourth-order valence-corrected chi connectivity index (χ4v) is 3.42. The summed E-state index contributed by atoms with van der Waals surface area (Å²) in [6, 6.07) is 9.22. The van der Waals surface area contributed by atoms with Crippen molar-refractivity contribution in [2.24, 2.45) is 0 Å². The second-order valence-corrected chi connectivity index (χ2v) is 7.55. The Morgan fingerprint density at radius 2 is 1.90 bits per heavy atom. The number of hydrogen-bond donors (Lipinski definition) is 2. The van der Waals surface area contributed by atoms with Gasteiger partial charge in [-0.15, -0.1) is 0 Å². The minimum atomic E-state index is -4.00. The molecule has 2 aromatic heterocycles. The molecule has 0 unspecified atom stereocenters. The molecular weight excluding hydrogens is 402 g/mol. The summed E-state index contributed by atoms with van der Waals surface area (Å²) in [5.41, 5.74) is 0.735. The maximum atomic E-state index is 13.3. The van der Waals surface area contributed by atoms with Gasteiger partial charge in [0, 0.05) is 30.6 Å². The highest BCUT2D eigenvalue weighted by atomic mass is 32.2. The molecule has 0 spiro atoms. The second-order valence-electron chi connectivity index (χ2n) is 5.87. The van der Waals surface area contributed by atoms with Crippen molar-refractivity contribution in [1.29, 1.82) is 0 Å². The first-order chi connectivity index (χ1) is 13.9. The molecule has 0 saturated heterocycles. The van der Waals surface area contributed by atoms with Crippen molar-refractivity contribution in [3.05, 3.63) is 72.1 Å². The maximum absolute atomic E-state index is 13.3. The lowest BCUT2D eigenvalue weighted by Crippen LogP contribution is -2.14. The topological polar surface area (TPSA) is 93.2 Å². The van der Waals surface area contributed by atoms with Gasteiger partial charge in [-0.2, -0.15) is 0 Å². The molecule has 152 valence electrons. The zero-order chi connectivity index (χ0) is 20.9. The summed E-state index contributed by atoms with van der Waals surface area (Å²) in [6.07, 6.45) is 2.80. The fourth-order valence-electron chi connectivity index (χ4n) is 2.43. The van der Waals surface area contributed by atoms with E-state index in [4.69, 9.17) is 4.74 Å². The van der Waals surface area contributed by atoms with Gasteiger partial charge < -0.3 is 10.1 Å². The fraction of sp³-hybridized carbons (Fsp3) is 0.158. The molecule has 29 heavy (non-hydrogen) atoms. The van der Waals surface area contributed by atoms with Crippen LogP contribution < -0.4 is 14.8 Å². The van der Waals surface area contributed by atoms with Gasteiger partial charge in [0.05, 0.1) is 12.3 Å². The van der Waals surface area contributed by atoms with Gasteiger partial charge in [-0.25, -0.2) is 27.2 Å². The number of rotatable bonds is 8. The predicted octanol–water partition coefficient (Wildman–Crippen LogP) is 3.57. The summed E-state index contributed by atoms with van der Waals surface area (Å²) < 4.78 is 58.7. The lowest BCUT2D eigenvalue weighted by Gasteiger charge is -2.11. The Hall–Kier alpha value is -3.27. The van der Waals surface area contributed by atoms with Crippen molar-refractivity contribution in [3.63, 3.8) is 0 Å². The predicted molar refractivity (Wildman–Crippen MR) is 104 cm³/mol. The van der Waals surface area contributed by atoms with Gasteiger partial charge in [0.15, 0.2) is 11.6 Å². The Kier molecular flexibility index (Phi) is 6.23. The number of pyridine rings is 2. The van der Waals surface area contributed by atoms with E-state index in [1.807, 2.05) is 13.0 Å². The van der Waals surface area contributed by atoms with Crippen LogP contribution in [0.25, 0.3) is 0 Å². The highest BCUT2D eigenvalue weighted by molar-refractivity contribution is 7.92. The molecule has 0 amide bonds. The molecule has 3 rings (SSSR count). The van der Waals surface area contributed by atoms with E-state index in [0.29, 0.717) is 24.8 Å². The first-order valence-corrected chi connectivity index (χ1v) is 10.1. The van der Waals surface area contributed by atoms with Gasteiger partial charge in [-0.1, -0.05) is 6.07 Å². The zero-order valence-corrected chi connectivity index (χ0v) is 16.2. The van der Waals surface area contributed by atoms with Crippen LogP contribution in [-0.4, -0.2) is 25.0 Å². The van der Waals surface area contributed by atoms with Gasteiger partial charge in [0.1, 0.15) is 10.7 Å². The van der Waals surface area contributed by atoms with Gasteiger partial charge in [-0.3, -0.25) is 4.72 Å². The average molecular weight is 420 g/mol. The number of benzene rings is 1. The molecule has 0 atom stereocenters. The van der Waals surface area contributed by atoms with Crippen molar-refractivity contribution < 1.29 is 21.9 Å². The SMILES string of the molecule is CCOc1ncccc1CNc1ccc(S(=O)(=O)Nc2ccc(F)c(F)c2)cn1. The van der Waals surface area contributed by atoms with E-state index in [2.05, 4.69) is 20.0 Å². The van der Waals surface area contributed by atoms with Crippen LogP contribution in [0.1, 0.15) is 12.5 Å². The standard InChI is InChI=1S/C19H18F2N4O3S/c1-2-28-19-13(4-3-9-22-19)11-23-18-8-6-15(12-24-18)29(26,27)25-14-5-7-16(20)17(21)10-14/h3-10,12,25H,2,11H2,1H3,(H,23,24). The molecule has 0 aliphatic rings. The van der Waals surface area contributed by atoms with Crippen LogP contribution in [0.15, 0.2) is 59.8 Å². The minimum absolute atomic E-state index is 0.0915. The number of halogens is 2. The second kappa shape index (κ2) is 8.82. The van der Waals surface area contributed by atoms with E-state index >= 15 is 0 Å². The monoisotopic (exact) mass is 420 g/mol. The third-order valence-corrected chi connectivity index (χ3v) is 5.18. The summed E-state index contributed by atoms with van der Waals surface area (Å²) in [5.74, 6) is -1.25. The molecule has 0 fully saturated rings. The molecule has 0 saturated carbocycles. The number of aromatic nitrogens is 2. The molecule has 1 aromatic carbocycles. The number of nitrogens with zero attached hydrogens (tertiary/aromatic N) is 2. The molecule has 0 aliphatic carbocycles. The lowest BCUT2D eigenvalue weighted by atomic mass is 10.2. The molecule has 2 heterocycles. The first-order valence-electron chi connectivity index (χ1n) is 8.63. The summed E-state index contributed by atoms with van der Waals surface area (Å²) in [5, 5.41) is 3.06. The van der Waals surface area contributed by atoms with Gasteiger partial charge >= 0.3 is 0 Å². The highest BCUT2D eigenvalue weighted by Crippen LogP contribution is 2.20. The van der Waals surface area contributed by atoms with Crippen LogP contribution in [0.2, 0.25) is 0 Å². The van der Waals surface area contributed by atoms with Crippen LogP contribution in [-0.2, 0) is 16.6 Å². The molecular formula is C19H18F2N4O3S. The van der Waals surface area contributed by atoms with Gasteiger partial charge in [0.2, 0.25) is 5.88 Å². The molecule has 0 bridgehead atoms. The van der Waals surface area contributed by atoms with Crippen molar-refractivity contribution in [2.45, 2.75) is 18.4 Å². The Balaban J connectivity index is 1.68. The third-order valence-electron chi connectivity index (χ3n) is 3.81. The zero-order valence-electron chi connectivity index (χ0n) is 15.4. The van der Waals surface area contributed by atoms with Crippen LogP contribution >= 0.6 is 0 Å². The summed E-state index contributed by atoms with van der Waals surface area (Å²) in [6.45, 7) is 2.73. The third kappa shape index (κ3) is 5.17. The molecule has 3 aromatic rings. The average Bonchev–Trinajstić information content (AvgIpc) is 2.70. The number of ether oxygens (including phenoxy) is 1. The largest absolute Gasteiger partial charge is 0.478 e. The smallest absolute Gasteiger partial charge is 0.263 e. The van der Waals surface area contributed by atoms with Gasteiger partial charge in [-0.05, 0) is 37.3 Å². The lowest BCUT2D eigenvalue weighted by molar-refractivity contribution is 0.323. The summed E-state index contributed by atoms with van der Waals surface area (Å²) in [4.78, 5) is 8.12. The number of sulfonamides is 1.